The molecule has 0 aliphatic carbocycles. The fourth-order valence-corrected chi connectivity index (χ4v) is 2.48. The summed E-state index contributed by atoms with van der Waals surface area (Å²) in [6.45, 7) is 6.26. The first-order chi connectivity index (χ1) is 8.06. The van der Waals surface area contributed by atoms with Crippen LogP contribution >= 0.6 is 0 Å². The molecule has 0 fully saturated rings. The van der Waals surface area contributed by atoms with E-state index in [0.717, 1.165) is 0 Å². The molecule has 4 nitrogen and oxygen atoms in total. The van der Waals surface area contributed by atoms with Gasteiger partial charge in [0.1, 0.15) is 0 Å². The maximum atomic E-state index is 12.1. The number of carbonyl (C=O) groups is 1. The molecule has 1 atom stereocenters. The van der Waals surface area contributed by atoms with Gasteiger partial charge in [0.25, 0.3) is 0 Å². The average Bonchev–Trinajstić information content (AvgIpc) is 2.35. The molecule has 0 aromatic rings. The molecular formula is C12H25NO3S. The van der Waals surface area contributed by atoms with E-state index in [4.69, 9.17) is 5.11 Å². The van der Waals surface area contributed by atoms with Crippen LogP contribution in [0.2, 0.25) is 0 Å². The largest absolute Gasteiger partial charge is 0.396 e. The van der Waals surface area contributed by atoms with Crippen molar-refractivity contribution >= 4 is 16.7 Å². The van der Waals surface area contributed by atoms with Crippen LogP contribution in [-0.4, -0.2) is 39.9 Å². The van der Waals surface area contributed by atoms with E-state index < -0.39 is 16.2 Å². The lowest BCUT2D eigenvalue weighted by molar-refractivity contribution is -0.132. The van der Waals surface area contributed by atoms with Crippen LogP contribution in [0, 0.1) is 5.41 Å². The fraction of sp³-hybridized carbons (Fsp3) is 0.917. The Kier molecular flexibility index (Phi) is 8.43. The summed E-state index contributed by atoms with van der Waals surface area (Å²) in [5.74, 6) is 1.11. The molecule has 17 heavy (non-hydrogen) atoms. The molecule has 0 bridgehead atoms. The molecule has 0 spiro atoms. The van der Waals surface area contributed by atoms with Crippen molar-refractivity contribution in [1.82, 2.24) is 5.32 Å². The minimum atomic E-state index is -0.842. The zero-order valence-corrected chi connectivity index (χ0v) is 11.9. The lowest BCUT2D eigenvalue weighted by Crippen LogP contribution is -2.42. The highest BCUT2D eigenvalue weighted by molar-refractivity contribution is 7.84. The van der Waals surface area contributed by atoms with E-state index in [1.165, 1.54) is 0 Å². The summed E-state index contributed by atoms with van der Waals surface area (Å²) in [6, 6.07) is 0. The normalized spacial score (nSPS) is 13.4. The van der Waals surface area contributed by atoms with Crippen molar-refractivity contribution in [2.45, 2.75) is 40.0 Å². The zero-order valence-electron chi connectivity index (χ0n) is 11.1. The SMILES string of the molecule is CCS(=O)CCNC(=O)C(CC)(CC)CCO. The third kappa shape index (κ3) is 5.17. The Balaban J connectivity index is 4.28. The number of amides is 1. The van der Waals surface area contributed by atoms with Crippen molar-refractivity contribution in [3.63, 3.8) is 0 Å². The molecule has 0 aromatic heterocycles. The molecule has 0 aliphatic heterocycles. The van der Waals surface area contributed by atoms with Crippen LogP contribution < -0.4 is 5.32 Å². The summed E-state index contributed by atoms with van der Waals surface area (Å²) in [4.78, 5) is 12.1. The number of hydrogen-bond acceptors (Lipinski definition) is 3. The first-order valence-electron chi connectivity index (χ1n) is 6.30. The predicted molar refractivity (Wildman–Crippen MR) is 71.3 cm³/mol. The lowest BCUT2D eigenvalue weighted by Gasteiger charge is -2.29. The molecule has 5 heteroatoms. The third-order valence-electron chi connectivity index (χ3n) is 3.36. The van der Waals surface area contributed by atoms with Gasteiger partial charge in [0.05, 0.1) is 5.41 Å². The number of hydrogen-bond donors (Lipinski definition) is 2. The van der Waals surface area contributed by atoms with E-state index >= 15 is 0 Å². The van der Waals surface area contributed by atoms with Crippen molar-refractivity contribution in [3.8, 4) is 0 Å². The highest BCUT2D eigenvalue weighted by Gasteiger charge is 2.33. The molecule has 2 N–H and O–H groups in total. The van der Waals surface area contributed by atoms with Gasteiger partial charge in [-0.15, -0.1) is 0 Å². The van der Waals surface area contributed by atoms with Gasteiger partial charge in [-0.05, 0) is 19.3 Å². The fourth-order valence-electron chi connectivity index (χ4n) is 1.86. The maximum absolute atomic E-state index is 12.1. The monoisotopic (exact) mass is 263 g/mol. The highest BCUT2D eigenvalue weighted by atomic mass is 32.2. The van der Waals surface area contributed by atoms with Crippen LogP contribution in [0.25, 0.3) is 0 Å². The number of aliphatic hydroxyl groups excluding tert-OH is 1. The second kappa shape index (κ2) is 8.64. The van der Waals surface area contributed by atoms with Crippen LogP contribution in [0.3, 0.4) is 0 Å². The average molecular weight is 263 g/mol. The Morgan fingerprint density at radius 2 is 1.88 bits per heavy atom. The van der Waals surface area contributed by atoms with Crippen LogP contribution in [-0.2, 0) is 15.6 Å². The first kappa shape index (κ1) is 16.6. The van der Waals surface area contributed by atoms with E-state index in [-0.39, 0.29) is 12.5 Å². The minimum absolute atomic E-state index is 0.0235. The van der Waals surface area contributed by atoms with Gasteiger partial charge < -0.3 is 10.4 Å². The van der Waals surface area contributed by atoms with Crippen LogP contribution in [0.15, 0.2) is 0 Å². The summed E-state index contributed by atoms with van der Waals surface area (Å²) in [7, 11) is -0.842. The lowest BCUT2D eigenvalue weighted by atomic mass is 9.78. The van der Waals surface area contributed by atoms with Gasteiger partial charge in [0.15, 0.2) is 0 Å². The number of nitrogens with one attached hydrogen (secondary N) is 1. The molecule has 102 valence electrons. The third-order valence-corrected chi connectivity index (χ3v) is 4.67. The Hall–Kier alpha value is -0.420. The minimum Gasteiger partial charge on any atom is -0.396 e. The van der Waals surface area contributed by atoms with E-state index in [0.29, 0.717) is 37.3 Å². The second-order valence-electron chi connectivity index (χ2n) is 4.15. The predicted octanol–water partition coefficient (Wildman–Crippen LogP) is 1.06. The Morgan fingerprint density at radius 1 is 1.29 bits per heavy atom. The van der Waals surface area contributed by atoms with Crippen LogP contribution in [0.1, 0.15) is 40.0 Å². The van der Waals surface area contributed by atoms with Gasteiger partial charge >= 0.3 is 0 Å². The molecule has 0 saturated heterocycles. The first-order valence-corrected chi connectivity index (χ1v) is 7.79. The summed E-state index contributed by atoms with van der Waals surface area (Å²) < 4.78 is 11.2. The number of aliphatic hydroxyl groups is 1. The van der Waals surface area contributed by atoms with Crippen molar-refractivity contribution in [2.24, 2.45) is 5.41 Å². The van der Waals surface area contributed by atoms with Gasteiger partial charge in [-0.1, -0.05) is 20.8 Å². The van der Waals surface area contributed by atoms with Crippen molar-refractivity contribution < 1.29 is 14.1 Å². The van der Waals surface area contributed by atoms with Gasteiger partial charge in [-0.2, -0.15) is 0 Å². The molecule has 0 saturated carbocycles. The number of rotatable bonds is 9. The van der Waals surface area contributed by atoms with Crippen LogP contribution in [0.4, 0.5) is 0 Å². The summed E-state index contributed by atoms with van der Waals surface area (Å²) in [6.07, 6.45) is 1.92. The van der Waals surface area contributed by atoms with Crippen LogP contribution in [0.5, 0.6) is 0 Å². The van der Waals surface area contributed by atoms with E-state index in [2.05, 4.69) is 5.32 Å². The molecule has 0 aliphatic rings. The summed E-state index contributed by atoms with van der Waals surface area (Å²) >= 11 is 0. The smallest absolute Gasteiger partial charge is 0.226 e. The van der Waals surface area contributed by atoms with Crippen molar-refractivity contribution in [2.75, 3.05) is 24.7 Å². The van der Waals surface area contributed by atoms with Gasteiger partial charge in [-0.3, -0.25) is 9.00 Å². The summed E-state index contributed by atoms with van der Waals surface area (Å²) in [5.41, 5.74) is -0.470. The Labute approximate surface area is 107 Å². The molecule has 1 amide bonds. The number of carbonyl (C=O) groups excluding carboxylic acids is 1. The molecule has 0 radical (unpaired) electrons. The van der Waals surface area contributed by atoms with E-state index in [1.807, 2.05) is 20.8 Å². The Morgan fingerprint density at radius 3 is 2.29 bits per heavy atom. The molecule has 1 unspecified atom stereocenters. The van der Waals surface area contributed by atoms with Gasteiger partial charge in [0.2, 0.25) is 5.91 Å². The van der Waals surface area contributed by atoms with Crippen molar-refractivity contribution in [3.05, 3.63) is 0 Å². The Bertz CT molecular complexity index is 252. The highest BCUT2D eigenvalue weighted by Crippen LogP contribution is 2.30. The summed E-state index contributed by atoms with van der Waals surface area (Å²) in [5, 5.41) is 11.9. The topological polar surface area (TPSA) is 66.4 Å². The van der Waals surface area contributed by atoms with Gasteiger partial charge in [-0.25, -0.2) is 0 Å². The van der Waals surface area contributed by atoms with Crippen molar-refractivity contribution in [1.29, 1.82) is 0 Å². The standard InChI is InChI=1S/C12H25NO3S/c1-4-12(5-2,7-9-14)11(15)13-8-10-17(16)6-3/h14H,4-10H2,1-3H3,(H,13,15). The second-order valence-corrected chi connectivity index (χ2v) is 6.01. The van der Waals surface area contributed by atoms with Gasteiger partial charge in [0, 0.05) is 35.5 Å². The molecule has 0 aromatic carbocycles. The molecule has 0 rings (SSSR count). The quantitative estimate of drug-likeness (QED) is 0.653. The maximum Gasteiger partial charge on any atom is 0.226 e. The molecular weight excluding hydrogens is 238 g/mol. The molecule has 0 heterocycles. The zero-order chi connectivity index (χ0) is 13.3. The van der Waals surface area contributed by atoms with E-state index in [9.17, 15) is 9.00 Å². The van der Waals surface area contributed by atoms with E-state index in [1.54, 1.807) is 0 Å².